The molecular weight excluding hydrogens is 345 g/mol. The number of aliphatic hydroxyl groups is 1. The van der Waals surface area contributed by atoms with Gasteiger partial charge in [0.1, 0.15) is 12.4 Å². The average molecular weight is 356 g/mol. The van der Waals surface area contributed by atoms with Gasteiger partial charge in [0.05, 0.1) is 16.0 Å². The monoisotopic (exact) mass is 355 g/mol. The molecule has 2 aromatic carbocycles. The number of nitro groups is 1. The summed E-state index contributed by atoms with van der Waals surface area (Å²) in [6.45, 7) is -0.218. The SMILES string of the molecule is O=[N+]([O-])c1cc(CO)ccc1OCc1ccc(F)c(Br)c1. The van der Waals surface area contributed by atoms with Crippen LogP contribution >= 0.6 is 15.9 Å². The number of hydrogen-bond donors (Lipinski definition) is 1. The van der Waals surface area contributed by atoms with Gasteiger partial charge in [0.25, 0.3) is 0 Å². The van der Waals surface area contributed by atoms with Crippen molar-refractivity contribution in [3.05, 3.63) is 67.9 Å². The minimum absolute atomic E-state index is 0.0677. The summed E-state index contributed by atoms with van der Waals surface area (Å²) >= 11 is 3.06. The molecule has 110 valence electrons. The molecular formula is C14H11BrFNO4. The number of nitro benzene ring substituents is 1. The van der Waals surface area contributed by atoms with Crippen LogP contribution in [0.4, 0.5) is 10.1 Å². The maximum atomic E-state index is 13.1. The van der Waals surface area contributed by atoms with Crippen molar-refractivity contribution in [3.63, 3.8) is 0 Å². The standard InChI is InChI=1S/C14H11BrFNO4/c15-11-5-10(1-3-12(11)16)8-21-14-4-2-9(7-18)6-13(14)17(19)20/h1-6,18H,7-8H2. The zero-order valence-corrected chi connectivity index (χ0v) is 12.3. The Labute approximate surface area is 128 Å². The number of halogens is 2. The molecule has 0 heterocycles. The van der Waals surface area contributed by atoms with Gasteiger partial charge < -0.3 is 9.84 Å². The van der Waals surface area contributed by atoms with Gasteiger partial charge in [-0.3, -0.25) is 10.1 Å². The van der Waals surface area contributed by atoms with Crippen LogP contribution in [0.15, 0.2) is 40.9 Å². The lowest BCUT2D eigenvalue weighted by atomic mass is 10.2. The number of benzene rings is 2. The zero-order chi connectivity index (χ0) is 15.4. The highest BCUT2D eigenvalue weighted by Gasteiger charge is 2.16. The van der Waals surface area contributed by atoms with Crippen molar-refractivity contribution >= 4 is 21.6 Å². The molecule has 7 heteroatoms. The molecule has 0 bridgehead atoms. The highest BCUT2D eigenvalue weighted by Crippen LogP contribution is 2.29. The lowest BCUT2D eigenvalue weighted by Gasteiger charge is -2.08. The Morgan fingerprint density at radius 2 is 1.95 bits per heavy atom. The van der Waals surface area contributed by atoms with Crippen molar-refractivity contribution in [2.45, 2.75) is 13.2 Å². The largest absolute Gasteiger partial charge is 0.482 e. The van der Waals surface area contributed by atoms with E-state index in [-0.39, 0.29) is 24.7 Å². The summed E-state index contributed by atoms with van der Waals surface area (Å²) < 4.78 is 18.8. The van der Waals surface area contributed by atoms with E-state index in [4.69, 9.17) is 9.84 Å². The van der Waals surface area contributed by atoms with Crippen LogP contribution in [0.2, 0.25) is 0 Å². The maximum absolute atomic E-state index is 13.1. The predicted molar refractivity (Wildman–Crippen MR) is 77.5 cm³/mol. The molecule has 0 atom stereocenters. The van der Waals surface area contributed by atoms with Gasteiger partial charge >= 0.3 is 5.69 Å². The minimum atomic E-state index is -0.574. The van der Waals surface area contributed by atoms with Crippen LogP contribution < -0.4 is 4.74 Å². The molecule has 1 N–H and O–H groups in total. The summed E-state index contributed by atoms with van der Waals surface area (Å²) in [7, 11) is 0. The van der Waals surface area contributed by atoms with E-state index in [9.17, 15) is 14.5 Å². The van der Waals surface area contributed by atoms with Gasteiger partial charge in [0.2, 0.25) is 0 Å². The number of ether oxygens (including phenoxy) is 1. The zero-order valence-electron chi connectivity index (χ0n) is 10.8. The first-order chi connectivity index (χ1) is 10.0. The van der Waals surface area contributed by atoms with Crippen LogP contribution in [0.25, 0.3) is 0 Å². The Hall–Kier alpha value is -1.99. The molecule has 0 aromatic heterocycles. The maximum Gasteiger partial charge on any atom is 0.311 e. The van der Waals surface area contributed by atoms with Crippen molar-refractivity contribution < 1.29 is 19.2 Å². The molecule has 0 fully saturated rings. The second kappa shape index (κ2) is 6.64. The molecule has 0 spiro atoms. The summed E-state index contributed by atoms with van der Waals surface area (Å²) in [4.78, 5) is 10.4. The second-order valence-electron chi connectivity index (χ2n) is 4.25. The Bertz CT molecular complexity index is 678. The van der Waals surface area contributed by atoms with Gasteiger partial charge in [0.15, 0.2) is 5.75 Å². The molecule has 0 unspecified atom stereocenters. The summed E-state index contributed by atoms with van der Waals surface area (Å²) in [5.74, 6) is -0.297. The van der Waals surface area contributed by atoms with E-state index in [1.807, 2.05) is 0 Å². The molecule has 2 rings (SSSR count). The average Bonchev–Trinajstić information content (AvgIpc) is 2.48. The van der Waals surface area contributed by atoms with E-state index >= 15 is 0 Å². The summed E-state index contributed by atoms with van der Waals surface area (Å²) in [5.41, 5.74) is 0.880. The van der Waals surface area contributed by atoms with Crippen molar-refractivity contribution in [2.24, 2.45) is 0 Å². The summed E-state index contributed by atoms with van der Waals surface area (Å²) in [6.07, 6.45) is 0. The third-order valence-electron chi connectivity index (χ3n) is 2.78. The quantitative estimate of drug-likeness (QED) is 0.657. The van der Waals surface area contributed by atoms with Crippen molar-refractivity contribution in [3.8, 4) is 5.75 Å². The highest BCUT2D eigenvalue weighted by molar-refractivity contribution is 9.10. The van der Waals surface area contributed by atoms with E-state index in [2.05, 4.69) is 15.9 Å². The van der Waals surface area contributed by atoms with Crippen LogP contribution in [-0.2, 0) is 13.2 Å². The van der Waals surface area contributed by atoms with Gasteiger partial charge in [-0.25, -0.2) is 4.39 Å². The molecule has 0 saturated carbocycles. The van der Waals surface area contributed by atoms with Crippen LogP contribution in [0.5, 0.6) is 5.75 Å². The number of rotatable bonds is 5. The molecule has 0 amide bonds. The van der Waals surface area contributed by atoms with Crippen molar-refractivity contribution in [1.29, 1.82) is 0 Å². The Kier molecular flexibility index (Phi) is 4.87. The van der Waals surface area contributed by atoms with E-state index in [0.717, 1.165) is 0 Å². The predicted octanol–water partition coefficient (Wildman–Crippen LogP) is 3.57. The van der Waals surface area contributed by atoms with Crippen LogP contribution in [-0.4, -0.2) is 10.0 Å². The second-order valence-corrected chi connectivity index (χ2v) is 5.11. The van der Waals surface area contributed by atoms with E-state index in [0.29, 0.717) is 15.6 Å². The molecule has 0 aliphatic rings. The number of aliphatic hydroxyl groups excluding tert-OH is 1. The fraction of sp³-hybridized carbons (Fsp3) is 0.143. The van der Waals surface area contributed by atoms with Crippen molar-refractivity contribution in [2.75, 3.05) is 0 Å². The van der Waals surface area contributed by atoms with Gasteiger partial charge in [0, 0.05) is 6.07 Å². The minimum Gasteiger partial charge on any atom is -0.482 e. The van der Waals surface area contributed by atoms with Gasteiger partial charge in [-0.15, -0.1) is 0 Å². The topological polar surface area (TPSA) is 72.6 Å². The van der Waals surface area contributed by atoms with Crippen LogP contribution in [0.3, 0.4) is 0 Å². The molecule has 0 aliphatic heterocycles. The Balaban J connectivity index is 2.19. The lowest BCUT2D eigenvalue weighted by molar-refractivity contribution is -0.386. The van der Waals surface area contributed by atoms with Crippen molar-refractivity contribution in [1.82, 2.24) is 0 Å². The van der Waals surface area contributed by atoms with Crippen LogP contribution in [0.1, 0.15) is 11.1 Å². The highest BCUT2D eigenvalue weighted by atomic mass is 79.9. The van der Waals surface area contributed by atoms with E-state index in [1.54, 1.807) is 12.1 Å². The smallest absolute Gasteiger partial charge is 0.311 e. The fourth-order valence-electron chi connectivity index (χ4n) is 1.72. The molecule has 0 saturated heterocycles. The lowest BCUT2D eigenvalue weighted by Crippen LogP contribution is -2.00. The van der Waals surface area contributed by atoms with Gasteiger partial charge in [-0.1, -0.05) is 12.1 Å². The molecule has 0 radical (unpaired) electrons. The van der Waals surface area contributed by atoms with Crippen LogP contribution in [0, 0.1) is 15.9 Å². The van der Waals surface area contributed by atoms with E-state index in [1.165, 1.54) is 24.3 Å². The number of nitrogens with zero attached hydrogens (tertiary/aromatic N) is 1. The Morgan fingerprint density at radius 3 is 2.57 bits per heavy atom. The summed E-state index contributed by atoms with van der Waals surface area (Å²) in [5, 5.41) is 20.0. The third-order valence-corrected chi connectivity index (χ3v) is 3.39. The fourth-order valence-corrected chi connectivity index (χ4v) is 2.14. The number of hydrogen-bond acceptors (Lipinski definition) is 4. The molecule has 21 heavy (non-hydrogen) atoms. The first-order valence-electron chi connectivity index (χ1n) is 5.96. The van der Waals surface area contributed by atoms with Gasteiger partial charge in [-0.2, -0.15) is 0 Å². The molecule has 2 aromatic rings. The van der Waals surface area contributed by atoms with Gasteiger partial charge in [-0.05, 0) is 45.3 Å². The first-order valence-corrected chi connectivity index (χ1v) is 6.75. The first kappa shape index (κ1) is 15.4. The van der Waals surface area contributed by atoms with E-state index < -0.39 is 10.7 Å². The normalized spacial score (nSPS) is 10.4. The Morgan fingerprint density at radius 1 is 1.24 bits per heavy atom. The summed E-state index contributed by atoms with van der Waals surface area (Å²) in [6, 6.07) is 8.60. The third kappa shape index (κ3) is 3.77. The molecule has 5 nitrogen and oxygen atoms in total. The molecule has 0 aliphatic carbocycles.